The molecule has 0 aliphatic carbocycles. The monoisotopic (exact) mass is 372 g/mol. The average Bonchev–Trinajstić information content (AvgIpc) is 3.09. The second kappa shape index (κ2) is 7.86. The van der Waals surface area contributed by atoms with E-state index in [1.165, 1.54) is 11.0 Å². The van der Waals surface area contributed by atoms with Crippen LogP contribution in [0, 0.1) is 17.6 Å². The molecule has 1 aliphatic heterocycles. The van der Waals surface area contributed by atoms with Gasteiger partial charge in [-0.1, -0.05) is 38.5 Å². The van der Waals surface area contributed by atoms with Gasteiger partial charge in [0.05, 0.1) is 5.69 Å². The van der Waals surface area contributed by atoms with E-state index in [1.807, 2.05) is 13.8 Å². The predicted octanol–water partition coefficient (Wildman–Crippen LogP) is 3.70. The van der Waals surface area contributed by atoms with Gasteiger partial charge in [0.15, 0.2) is 0 Å². The SMILES string of the molecule is CCC(C)C(NC(=O)c1ccccc1)C(=O)N1CCc2c(F)cc(F)cc21. The van der Waals surface area contributed by atoms with Gasteiger partial charge in [0.1, 0.15) is 17.7 Å². The maximum absolute atomic E-state index is 14.0. The van der Waals surface area contributed by atoms with Gasteiger partial charge in [-0.15, -0.1) is 0 Å². The van der Waals surface area contributed by atoms with Crippen LogP contribution in [0.1, 0.15) is 36.2 Å². The first-order valence-electron chi connectivity index (χ1n) is 9.07. The molecule has 0 saturated carbocycles. The highest BCUT2D eigenvalue weighted by atomic mass is 19.1. The molecule has 1 heterocycles. The number of fused-ring (bicyclic) bond motifs is 1. The molecule has 3 rings (SSSR count). The fourth-order valence-corrected chi connectivity index (χ4v) is 3.32. The Morgan fingerprint density at radius 3 is 2.56 bits per heavy atom. The van der Waals surface area contributed by atoms with Gasteiger partial charge in [-0.2, -0.15) is 0 Å². The van der Waals surface area contributed by atoms with Gasteiger partial charge in [0.2, 0.25) is 5.91 Å². The van der Waals surface area contributed by atoms with Crippen molar-refractivity contribution >= 4 is 17.5 Å². The second-order valence-corrected chi connectivity index (χ2v) is 6.83. The lowest BCUT2D eigenvalue weighted by atomic mass is 9.97. The van der Waals surface area contributed by atoms with E-state index in [4.69, 9.17) is 0 Å². The molecular formula is C21H22F2N2O2. The third-order valence-electron chi connectivity index (χ3n) is 5.08. The molecule has 0 bridgehead atoms. The van der Waals surface area contributed by atoms with Crippen LogP contribution in [0.15, 0.2) is 42.5 Å². The third-order valence-corrected chi connectivity index (χ3v) is 5.08. The molecule has 2 unspecified atom stereocenters. The summed E-state index contributed by atoms with van der Waals surface area (Å²) >= 11 is 0. The summed E-state index contributed by atoms with van der Waals surface area (Å²) in [7, 11) is 0. The number of nitrogens with zero attached hydrogens (tertiary/aromatic N) is 1. The van der Waals surface area contributed by atoms with Crippen molar-refractivity contribution in [3.63, 3.8) is 0 Å². The molecule has 6 heteroatoms. The van der Waals surface area contributed by atoms with E-state index in [2.05, 4.69) is 5.32 Å². The molecule has 0 spiro atoms. The number of nitrogens with one attached hydrogen (secondary N) is 1. The lowest BCUT2D eigenvalue weighted by Crippen LogP contribution is -2.51. The standard InChI is InChI=1S/C21H22F2N2O2/c1-3-13(2)19(24-20(26)14-7-5-4-6-8-14)21(27)25-10-9-16-17(23)11-15(22)12-18(16)25/h4-8,11-13,19H,3,9-10H2,1-2H3,(H,24,26). The fraction of sp³-hybridized carbons (Fsp3) is 0.333. The van der Waals surface area contributed by atoms with Crippen LogP contribution in [0.5, 0.6) is 0 Å². The van der Waals surface area contributed by atoms with E-state index < -0.39 is 17.7 Å². The summed E-state index contributed by atoms with van der Waals surface area (Å²) in [6.45, 7) is 4.07. The highest BCUT2D eigenvalue weighted by Crippen LogP contribution is 2.32. The smallest absolute Gasteiger partial charge is 0.251 e. The average molecular weight is 372 g/mol. The van der Waals surface area contributed by atoms with Crippen LogP contribution in [0.2, 0.25) is 0 Å². The first kappa shape index (κ1) is 19.0. The molecule has 27 heavy (non-hydrogen) atoms. The van der Waals surface area contributed by atoms with Crippen LogP contribution in [0.25, 0.3) is 0 Å². The molecule has 2 aromatic carbocycles. The van der Waals surface area contributed by atoms with E-state index in [-0.39, 0.29) is 30.0 Å². The highest BCUT2D eigenvalue weighted by Gasteiger charge is 2.35. The number of rotatable bonds is 5. The first-order valence-corrected chi connectivity index (χ1v) is 9.07. The number of hydrogen-bond acceptors (Lipinski definition) is 2. The number of anilines is 1. The minimum absolute atomic E-state index is 0.132. The number of amides is 2. The molecule has 1 aliphatic rings. The number of benzene rings is 2. The molecule has 2 amide bonds. The van der Waals surface area contributed by atoms with E-state index in [0.29, 0.717) is 24.0 Å². The number of carbonyl (C=O) groups is 2. The van der Waals surface area contributed by atoms with Crippen molar-refractivity contribution in [2.75, 3.05) is 11.4 Å². The minimum Gasteiger partial charge on any atom is -0.340 e. The molecule has 0 fully saturated rings. The topological polar surface area (TPSA) is 49.4 Å². The van der Waals surface area contributed by atoms with E-state index in [1.54, 1.807) is 30.3 Å². The van der Waals surface area contributed by atoms with Gasteiger partial charge in [-0.05, 0) is 30.5 Å². The number of carbonyl (C=O) groups excluding carboxylic acids is 2. The normalized spacial score (nSPS) is 15.2. The van der Waals surface area contributed by atoms with Crippen LogP contribution in [-0.2, 0) is 11.2 Å². The Morgan fingerprint density at radius 1 is 1.19 bits per heavy atom. The zero-order chi connectivity index (χ0) is 19.6. The number of hydrogen-bond donors (Lipinski definition) is 1. The lowest BCUT2D eigenvalue weighted by Gasteiger charge is -2.28. The minimum atomic E-state index is -0.778. The molecule has 2 atom stereocenters. The molecule has 0 aromatic heterocycles. The summed E-state index contributed by atoms with van der Waals surface area (Å²) in [6.07, 6.45) is 0.997. The van der Waals surface area contributed by atoms with Crippen molar-refractivity contribution in [2.45, 2.75) is 32.7 Å². The highest BCUT2D eigenvalue weighted by molar-refractivity contribution is 6.03. The largest absolute Gasteiger partial charge is 0.340 e. The summed E-state index contributed by atoms with van der Waals surface area (Å²) in [5.41, 5.74) is 1.04. The van der Waals surface area contributed by atoms with Crippen molar-refractivity contribution in [1.82, 2.24) is 5.32 Å². The molecule has 0 saturated heterocycles. The summed E-state index contributed by atoms with van der Waals surface area (Å²) in [5.74, 6) is -2.20. The van der Waals surface area contributed by atoms with Crippen LogP contribution in [-0.4, -0.2) is 24.4 Å². The lowest BCUT2D eigenvalue weighted by molar-refractivity contribution is -0.121. The van der Waals surface area contributed by atoms with Crippen molar-refractivity contribution in [1.29, 1.82) is 0 Å². The van der Waals surface area contributed by atoms with Gasteiger partial charge >= 0.3 is 0 Å². The molecule has 2 aromatic rings. The molecule has 4 nitrogen and oxygen atoms in total. The maximum Gasteiger partial charge on any atom is 0.251 e. The zero-order valence-electron chi connectivity index (χ0n) is 15.3. The van der Waals surface area contributed by atoms with E-state index >= 15 is 0 Å². The molecule has 1 N–H and O–H groups in total. The second-order valence-electron chi connectivity index (χ2n) is 6.83. The van der Waals surface area contributed by atoms with Gasteiger partial charge in [0, 0.05) is 23.7 Å². The van der Waals surface area contributed by atoms with Crippen molar-refractivity contribution < 1.29 is 18.4 Å². The van der Waals surface area contributed by atoms with Crippen LogP contribution in [0.4, 0.5) is 14.5 Å². The molecule has 0 radical (unpaired) electrons. The Hall–Kier alpha value is -2.76. The fourth-order valence-electron chi connectivity index (χ4n) is 3.32. The maximum atomic E-state index is 14.0. The van der Waals surface area contributed by atoms with Crippen LogP contribution in [0.3, 0.4) is 0 Å². The Labute approximate surface area is 157 Å². The van der Waals surface area contributed by atoms with Crippen LogP contribution < -0.4 is 10.2 Å². The predicted molar refractivity (Wildman–Crippen MR) is 99.6 cm³/mol. The van der Waals surface area contributed by atoms with Crippen LogP contribution >= 0.6 is 0 Å². The number of halogens is 2. The summed E-state index contributed by atoms with van der Waals surface area (Å²) in [4.78, 5) is 27.1. The van der Waals surface area contributed by atoms with Gasteiger partial charge < -0.3 is 10.2 Å². The van der Waals surface area contributed by atoms with Crippen molar-refractivity contribution in [3.05, 3.63) is 65.2 Å². The molecule has 142 valence electrons. The van der Waals surface area contributed by atoms with E-state index in [0.717, 1.165) is 6.07 Å². The van der Waals surface area contributed by atoms with Gasteiger partial charge in [0.25, 0.3) is 5.91 Å². The van der Waals surface area contributed by atoms with Gasteiger partial charge in [-0.3, -0.25) is 9.59 Å². The van der Waals surface area contributed by atoms with E-state index in [9.17, 15) is 18.4 Å². The quantitative estimate of drug-likeness (QED) is 0.870. The summed E-state index contributed by atoms with van der Waals surface area (Å²) in [5, 5.41) is 2.80. The Bertz CT molecular complexity index is 855. The summed E-state index contributed by atoms with van der Waals surface area (Å²) < 4.78 is 27.7. The molecular weight excluding hydrogens is 350 g/mol. The Morgan fingerprint density at radius 2 is 1.89 bits per heavy atom. The summed E-state index contributed by atoms with van der Waals surface area (Å²) in [6, 6.07) is 9.87. The van der Waals surface area contributed by atoms with Crippen molar-refractivity contribution in [2.24, 2.45) is 5.92 Å². The van der Waals surface area contributed by atoms with Gasteiger partial charge in [-0.25, -0.2) is 8.78 Å². The Balaban J connectivity index is 1.87. The third kappa shape index (κ3) is 3.84. The zero-order valence-corrected chi connectivity index (χ0v) is 15.3. The Kier molecular flexibility index (Phi) is 5.54. The first-order chi connectivity index (χ1) is 12.9. The van der Waals surface area contributed by atoms with Crippen molar-refractivity contribution in [3.8, 4) is 0 Å².